The van der Waals surface area contributed by atoms with Crippen LogP contribution in [0.25, 0.3) is 0 Å². The SMILES string of the molecule is Nc1ccc(Br)c(C(=O)NCCCn2ccnc2)c1. The van der Waals surface area contributed by atoms with Crippen LogP contribution in [0.4, 0.5) is 5.69 Å². The molecule has 0 bridgehead atoms. The third-order valence-electron chi connectivity index (χ3n) is 2.67. The highest BCUT2D eigenvalue weighted by Crippen LogP contribution is 2.19. The first-order chi connectivity index (χ1) is 9.16. The Kier molecular flexibility index (Phi) is 4.57. The van der Waals surface area contributed by atoms with E-state index in [0.29, 0.717) is 17.8 Å². The number of imidazole rings is 1. The molecular formula is C13H15BrN4O. The number of aromatic nitrogens is 2. The van der Waals surface area contributed by atoms with Crippen molar-refractivity contribution in [3.63, 3.8) is 0 Å². The van der Waals surface area contributed by atoms with Gasteiger partial charge in [-0.2, -0.15) is 0 Å². The Labute approximate surface area is 120 Å². The zero-order chi connectivity index (χ0) is 13.7. The summed E-state index contributed by atoms with van der Waals surface area (Å²) in [6.45, 7) is 1.44. The van der Waals surface area contributed by atoms with Crippen molar-refractivity contribution in [2.45, 2.75) is 13.0 Å². The minimum atomic E-state index is -0.121. The van der Waals surface area contributed by atoms with Gasteiger partial charge in [-0.15, -0.1) is 0 Å². The maximum Gasteiger partial charge on any atom is 0.252 e. The van der Waals surface area contributed by atoms with Gasteiger partial charge in [0.15, 0.2) is 0 Å². The molecule has 1 amide bonds. The summed E-state index contributed by atoms with van der Waals surface area (Å²) >= 11 is 3.34. The van der Waals surface area contributed by atoms with E-state index in [-0.39, 0.29) is 5.91 Å². The van der Waals surface area contributed by atoms with Gasteiger partial charge in [-0.05, 0) is 40.5 Å². The maximum atomic E-state index is 12.0. The highest BCUT2D eigenvalue weighted by Gasteiger charge is 2.09. The van der Waals surface area contributed by atoms with Gasteiger partial charge in [0.1, 0.15) is 0 Å². The molecule has 0 spiro atoms. The van der Waals surface area contributed by atoms with Crippen LogP contribution in [0.2, 0.25) is 0 Å². The quantitative estimate of drug-likeness (QED) is 0.653. The predicted molar refractivity (Wildman–Crippen MR) is 77.7 cm³/mol. The Morgan fingerprint density at radius 1 is 1.47 bits per heavy atom. The number of nitrogens with one attached hydrogen (secondary N) is 1. The molecule has 0 saturated heterocycles. The predicted octanol–water partition coefficient (Wildman–Crippen LogP) is 2.05. The number of hydrogen-bond acceptors (Lipinski definition) is 3. The van der Waals surface area contributed by atoms with E-state index in [1.54, 1.807) is 30.7 Å². The number of amides is 1. The molecule has 0 atom stereocenters. The van der Waals surface area contributed by atoms with Crippen molar-refractivity contribution >= 4 is 27.5 Å². The van der Waals surface area contributed by atoms with Gasteiger partial charge in [0.05, 0.1) is 11.9 Å². The molecule has 1 aromatic heterocycles. The van der Waals surface area contributed by atoms with Gasteiger partial charge in [0.25, 0.3) is 5.91 Å². The van der Waals surface area contributed by atoms with E-state index in [0.717, 1.165) is 17.4 Å². The summed E-state index contributed by atoms with van der Waals surface area (Å²) in [4.78, 5) is 15.9. The molecule has 100 valence electrons. The van der Waals surface area contributed by atoms with E-state index in [2.05, 4.69) is 26.2 Å². The van der Waals surface area contributed by atoms with Gasteiger partial charge in [-0.1, -0.05) is 0 Å². The van der Waals surface area contributed by atoms with Crippen LogP contribution in [0.1, 0.15) is 16.8 Å². The standard InChI is InChI=1S/C13H15BrN4O/c14-12-3-2-10(15)8-11(12)13(19)17-4-1-6-18-7-5-16-9-18/h2-3,5,7-9H,1,4,6,15H2,(H,17,19). The largest absolute Gasteiger partial charge is 0.399 e. The summed E-state index contributed by atoms with van der Waals surface area (Å²) in [5.41, 5.74) is 6.81. The van der Waals surface area contributed by atoms with Crippen LogP contribution in [-0.2, 0) is 6.54 Å². The van der Waals surface area contributed by atoms with Crippen LogP contribution in [0.3, 0.4) is 0 Å². The van der Waals surface area contributed by atoms with Crippen molar-refractivity contribution < 1.29 is 4.79 Å². The Balaban J connectivity index is 1.82. The van der Waals surface area contributed by atoms with Gasteiger partial charge >= 0.3 is 0 Å². The first kappa shape index (κ1) is 13.6. The van der Waals surface area contributed by atoms with E-state index in [1.807, 2.05) is 10.8 Å². The average Bonchev–Trinajstić information content (AvgIpc) is 2.90. The molecule has 2 rings (SSSR count). The molecule has 1 aromatic carbocycles. The number of aryl methyl sites for hydroxylation is 1. The smallest absolute Gasteiger partial charge is 0.252 e. The Morgan fingerprint density at radius 2 is 2.32 bits per heavy atom. The van der Waals surface area contributed by atoms with Crippen molar-refractivity contribution in [1.82, 2.24) is 14.9 Å². The van der Waals surface area contributed by atoms with Gasteiger partial charge in [0.2, 0.25) is 0 Å². The zero-order valence-electron chi connectivity index (χ0n) is 10.3. The van der Waals surface area contributed by atoms with Gasteiger partial charge in [-0.25, -0.2) is 4.98 Å². The second-order valence-electron chi connectivity index (χ2n) is 4.15. The summed E-state index contributed by atoms with van der Waals surface area (Å²) in [5.74, 6) is -0.121. The van der Waals surface area contributed by atoms with E-state index in [1.165, 1.54) is 0 Å². The molecule has 0 aliphatic heterocycles. The van der Waals surface area contributed by atoms with E-state index in [4.69, 9.17) is 5.73 Å². The Morgan fingerprint density at radius 3 is 3.05 bits per heavy atom. The monoisotopic (exact) mass is 322 g/mol. The lowest BCUT2D eigenvalue weighted by Gasteiger charge is -2.08. The topological polar surface area (TPSA) is 72.9 Å². The molecule has 0 unspecified atom stereocenters. The van der Waals surface area contributed by atoms with Crippen LogP contribution in [-0.4, -0.2) is 22.0 Å². The number of benzene rings is 1. The number of nitrogens with zero attached hydrogens (tertiary/aromatic N) is 2. The highest BCUT2D eigenvalue weighted by molar-refractivity contribution is 9.10. The maximum absolute atomic E-state index is 12.0. The van der Waals surface area contributed by atoms with Crippen molar-refractivity contribution in [2.24, 2.45) is 0 Å². The van der Waals surface area contributed by atoms with Crippen molar-refractivity contribution in [1.29, 1.82) is 0 Å². The summed E-state index contributed by atoms with van der Waals surface area (Å²) in [5, 5.41) is 2.87. The summed E-state index contributed by atoms with van der Waals surface area (Å²) in [7, 11) is 0. The molecule has 19 heavy (non-hydrogen) atoms. The molecule has 0 aliphatic carbocycles. The third kappa shape index (κ3) is 3.82. The first-order valence-electron chi connectivity index (χ1n) is 5.96. The lowest BCUT2D eigenvalue weighted by molar-refractivity contribution is 0.0952. The van der Waals surface area contributed by atoms with Crippen LogP contribution in [0.5, 0.6) is 0 Å². The second kappa shape index (κ2) is 6.38. The molecule has 6 heteroatoms. The number of nitrogens with two attached hydrogens (primary N) is 1. The number of rotatable bonds is 5. The van der Waals surface area contributed by atoms with Crippen molar-refractivity contribution in [2.75, 3.05) is 12.3 Å². The lowest BCUT2D eigenvalue weighted by Crippen LogP contribution is -2.25. The van der Waals surface area contributed by atoms with E-state index >= 15 is 0 Å². The number of carbonyl (C=O) groups is 1. The Bertz CT molecular complexity index is 554. The normalized spacial score (nSPS) is 10.4. The van der Waals surface area contributed by atoms with E-state index < -0.39 is 0 Å². The number of hydrogen-bond donors (Lipinski definition) is 2. The van der Waals surface area contributed by atoms with Gasteiger partial charge in [-0.3, -0.25) is 4.79 Å². The third-order valence-corrected chi connectivity index (χ3v) is 3.36. The van der Waals surface area contributed by atoms with Crippen LogP contribution in [0.15, 0.2) is 41.4 Å². The molecule has 1 heterocycles. The number of carbonyl (C=O) groups excluding carboxylic acids is 1. The summed E-state index contributed by atoms with van der Waals surface area (Å²) in [6, 6.07) is 5.19. The molecule has 3 N–H and O–H groups in total. The average molecular weight is 323 g/mol. The summed E-state index contributed by atoms with van der Waals surface area (Å²) in [6.07, 6.45) is 6.25. The fourth-order valence-corrected chi connectivity index (χ4v) is 2.12. The minimum absolute atomic E-state index is 0.121. The minimum Gasteiger partial charge on any atom is -0.399 e. The number of anilines is 1. The molecule has 0 fully saturated rings. The molecule has 2 aromatic rings. The van der Waals surface area contributed by atoms with E-state index in [9.17, 15) is 4.79 Å². The number of halogens is 1. The van der Waals surface area contributed by atoms with Crippen molar-refractivity contribution in [3.05, 3.63) is 47.0 Å². The van der Waals surface area contributed by atoms with Crippen LogP contribution in [0, 0.1) is 0 Å². The highest BCUT2D eigenvalue weighted by atomic mass is 79.9. The van der Waals surface area contributed by atoms with Gasteiger partial charge < -0.3 is 15.6 Å². The summed E-state index contributed by atoms with van der Waals surface area (Å²) < 4.78 is 2.72. The van der Waals surface area contributed by atoms with Crippen LogP contribution < -0.4 is 11.1 Å². The molecule has 5 nitrogen and oxygen atoms in total. The molecule has 0 saturated carbocycles. The Hall–Kier alpha value is -1.82. The van der Waals surface area contributed by atoms with Gasteiger partial charge in [0, 0.05) is 35.6 Å². The van der Waals surface area contributed by atoms with Crippen LogP contribution >= 0.6 is 15.9 Å². The lowest BCUT2D eigenvalue weighted by atomic mass is 10.2. The fourth-order valence-electron chi connectivity index (χ4n) is 1.69. The first-order valence-corrected chi connectivity index (χ1v) is 6.75. The molecular weight excluding hydrogens is 308 g/mol. The molecule has 0 aliphatic rings. The zero-order valence-corrected chi connectivity index (χ0v) is 11.9. The fraction of sp³-hybridized carbons (Fsp3) is 0.231. The second-order valence-corrected chi connectivity index (χ2v) is 5.00. The number of nitrogen functional groups attached to an aromatic ring is 1. The van der Waals surface area contributed by atoms with Crippen molar-refractivity contribution in [3.8, 4) is 0 Å². The molecule has 0 radical (unpaired) electrons.